The van der Waals surface area contributed by atoms with Crippen LogP contribution in [0.1, 0.15) is 28.4 Å². The summed E-state index contributed by atoms with van der Waals surface area (Å²) in [5.74, 6) is 0.613. The number of aryl methyl sites for hydroxylation is 2. The topological polar surface area (TPSA) is 35.5 Å². The normalized spacial score (nSPS) is 10.7. The first-order valence-electron chi connectivity index (χ1n) is 6.35. The van der Waals surface area contributed by atoms with Crippen LogP contribution < -0.4 is 4.74 Å². The van der Waals surface area contributed by atoms with Crippen molar-refractivity contribution in [3.05, 3.63) is 41.0 Å². The lowest BCUT2D eigenvalue weighted by Crippen LogP contribution is -2.04. The number of methoxy groups -OCH3 is 1. The van der Waals surface area contributed by atoms with E-state index >= 15 is 0 Å². The molecule has 100 valence electrons. The van der Waals surface area contributed by atoms with Crippen molar-refractivity contribution in [2.24, 2.45) is 0 Å². The number of aldehydes is 1. The second-order valence-electron chi connectivity index (χ2n) is 4.47. The quantitative estimate of drug-likeness (QED) is 0.608. The zero-order chi connectivity index (χ0) is 13.8. The van der Waals surface area contributed by atoms with Gasteiger partial charge in [-0.1, -0.05) is 25.1 Å². The van der Waals surface area contributed by atoms with Crippen LogP contribution in [0.15, 0.2) is 24.3 Å². The summed E-state index contributed by atoms with van der Waals surface area (Å²) in [4.78, 5) is 11.3. The molecule has 3 nitrogen and oxygen atoms in total. The maximum atomic E-state index is 11.3. The second-order valence-corrected chi connectivity index (χ2v) is 4.47. The molecule has 0 aromatic heterocycles. The zero-order valence-electron chi connectivity index (χ0n) is 11.5. The van der Waals surface area contributed by atoms with Gasteiger partial charge in [0.15, 0.2) is 13.1 Å². The molecule has 19 heavy (non-hydrogen) atoms. The molecule has 0 saturated carbocycles. The predicted molar refractivity (Wildman–Crippen MR) is 76.0 cm³/mol. The molecule has 0 saturated heterocycles. The van der Waals surface area contributed by atoms with Gasteiger partial charge in [-0.05, 0) is 35.9 Å². The van der Waals surface area contributed by atoms with E-state index in [4.69, 9.17) is 9.47 Å². The van der Waals surface area contributed by atoms with Crippen LogP contribution in [0, 0.1) is 6.92 Å². The highest BCUT2D eigenvalue weighted by atomic mass is 16.7. The molecule has 0 heterocycles. The summed E-state index contributed by atoms with van der Waals surface area (Å²) in [6, 6.07) is 8.02. The summed E-state index contributed by atoms with van der Waals surface area (Å²) >= 11 is 0. The highest BCUT2D eigenvalue weighted by Crippen LogP contribution is 2.34. The van der Waals surface area contributed by atoms with Gasteiger partial charge in [0, 0.05) is 12.5 Å². The van der Waals surface area contributed by atoms with Gasteiger partial charge in [0.05, 0.1) is 5.56 Å². The lowest BCUT2D eigenvalue weighted by Gasteiger charge is -2.15. The van der Waals surface area contributed by atoms with Crippen LogP contribution in [0.5, 0.6) is 5.75 Å². The highest BCUT2D eigenvalue weighted by molar-refractivity contribution is 6.00. The maximum Gasteiger partial charge on any atom is 0.188 e. The first-order valence-corrected chi connectivity index (χ1v) is 6.35. The molecule has 0 aliphatic heterocycles. The molecule has 0 N–H and O–H groups in total. The van der Waals surface area contributed by atoms with Crippen LogP contribution in [0.2, 0.25) is 0 Å². The van der Waals surface area contributed by atoms with Crippen molar-refractivity contribution in [1.82, 2.24) is 0 Å². The van der Waals surface area contributed by atoms with Crippen molar-refractivity contribution >= 4 is 17.1 Å². The number of hydrogen-bond donors (Lipinski definition) is 0. The maximum absolute atomic E-state index is 11.3. The average Bonchev–Trinajstić information content (AvgIpc) is 2.44. The number of ether oxygens (including phenoxy) is 2. The molecule has 0 spiro atoms. The molecular formula is C16H18O3. The molecule has 0 radical (unpaired) electrons. The number of carbonyl (C=O) groups is 1. The van der Waals surface area contributed by atoms with E-state index in [1.54, 1.807) is 7.11 Å². The molecule has 0 atom stereocenters. The smallest absolute Gasteiger partial charge is 0.188 e. The number of carbonyl (C=O) groups excluding carboxylic acids is 1. The molecule has 2 rings (SSSR count). The molecule has 0 aliphatic carbocycles. The van der Waals surface area contributed by atoms with E-state index in [1.165, 1.54) is 0 Å². The fourth-order valence-corrected chi connectivity index (χ4v) is 2.37. The Kier molecular flexibility index (Phi) is 4.17. The summed E-state index contributed by atoms with van der Waals surface area (Å²) in [6.45, 7) is 4.24. The van der Waals surface area contributed by atoms with E-state index in [2.05, 4.69) is 13.0 Å². The van der Waals surface area contributed by atoms with E-state index in [0.717, 1.165) is 34.6 Å². The Hall–Kier alpha value is -1.87. The van der Waals surface area contributed by atoms with Crippen molar-refractivity contribution in [3.8, 4) is 5.75 Å². The van der Waals surface area contributed by atoms with Gasteiger partial charge >= 0.3 is 0 Å². The molecule has 0 amide bonds. The van der Waals surface area contributed by atoms with Gasteiger partial charge in [-0.25, -0.2) is 0 Å². The van der Waals surface area contributed by atoms with Crippen LogP contribution in [-0.2, 0) is 11.2 Å². The molecule has 3 heteroatoms. The van der Waals surface area contributed by atoms with Crippen molar-refractivity contribution in [3.63, 3.8) is 0 Å². The SMILES string of the molecule is CCc1cc(C=O)c(OCOC)c2c(C)cccc12. The summed E-state index contributed by atoms with van der Waals surface area (Å²) < 4.78 is 10.6. The molecule has 0 unspecified atom stereocenters. The standard InChI is InChI=1S/C16H18O3/c1-4-12-8-13(9-17)16(19-10-18-3)15-11(2)6-5-7-14(12)15/h5-9H,4,10H2,1-3H3. The van der Waals surface area contributed by atoms with E-state index in [0.29, 0.717) is 11.3 Å². The predicted octanol–water partition coefficient (Wildman–Crippen LogP) is 3.51. The Morgan fingerprint density at radius 2 is 2.11 bits per heavy atom. The molecule has 0 fully saturated rings. The van der Waals surface area contributed by atoms with Crippen molar-refractivity contribution in [2.45, 2.75) is 20.3 Å². The number of rotatable bonds is 5. The minimum absolute atomic E-state index is 0.135. The van der Waals surface area contributed by atoms with Crippen molar-refractivity contribution in [2.75, 3.05) is 13.9 Å². The summed E-state index contributed by atoms with van der Waals surface area (Å²) in [5, 5.41) is 2.14. The number of hydrogen-bond acceptors (Lipinski definition) is 3. The molecule has 2 aromatic carbocycles. The van der Waals surface area contributed by atoms with Gasteiger partial charge in [0.25, 0.3) is 0 Å². The van der Waals surface area contributed by atoms with E-state index in [-0.39, 0.29) is 6.79 Å². The lowest BCUT2D eigenvalue weighted by molar-refractivity contribution is 0.0516. The Labute approximate surface area is 113 Å². The first kappa shape index (κ1) is 13.6. The monoisotopic (exact) mass is 258 g/mol. The Morgan fingerprint density at radius 1 is 1.32 bits per heavy atom. The first-order chi connectivity index (χ1) is 9.22. The Balaban J connectivity index is 2.78. The van der Waals surface area contributed by atoms with Gasteiger partial charge in [-0.2, -0.15) is 0 Å². The van der Waals surface area contributed by atoms with Gasteiger partial charge in [0.2, 0.25) is 0 Å². The molecule has 0 aliphatic rings. The van der Waals surface area contributed by atoms with Crippen LogP contribution in [-0.4, -0.2) is 20.2 Å². The molecule has 0 bridgehead atoms. The van der Waals surface area contributed by atoms with E-state index in [9.17, 15) is 4.79 Å². The average molecular weight is 258 g/mol. The second kappa shape index (κ2) is 5.85. The van der Waals surface area contributed by atoms with Gasteiger partial charge in [-0.3, -0.25) is 4.79 Å². The summed E-state index contributed by atoms with van der Waals surface area (Å²) in [5.41, 5.74) is 2.84. The minimum atomic E-state index is 0.135. The van der Waals surface area contributed by atoms with Crippen LogP contribution in [0.3, 0.4) is 0 Å². The van der Waals surface area contributed by atoms with Crippen molar-refractivity contribution < 1.29 is 14.3 Å². The van der Waals surface area contributed by atoms with Crippen LogP contribution in [0.25, 0.3) is 10.8 Å². The fourth-order valence-electron chi connectivity index (χ4n) is 2.37. The molecule has 2 aromatic rings. The zero-order valence-corrected chi connectivity index (χ0v) is 11.5. The number of benzene rings is 2. The third kappa shape index (κ3) is 2.47. The van der Waals surface area contributed by atoms with Gasteiger partial charge in [0.1, 0.15) is 5.75 Å². The summed E-state index contributed by atoms with van der Waals surface area (Å²) in [6.07, 6.45) is 1.72. The third-order valence-corrected chi connectivity index (χ3v) is 3.27. The van der Waals surface area contributed by atoms with Crippen molar-refractivity contribution in [1.29, 1.82) is 0 Å². The minimum Gasteiger partial charge on any atom is -0.466 e. The third-order valence-electron chi connectivity index (χ3n) is 3.27. The van der Waals surface area contributed by atoms with E-state index in [1.807, 2.05) is 25.1 Å². The lowest BCUT2D eigenvalue weighted by atomic mass is 9.95. The van der Waals surface area contributed by atoms with Gasteiger partial charge < -0.3 is 9.47 Å². The van der Waals surface area contributed by atoms with Crippen LogP contribution in [0.4, 0.5) is 0 Å². The Bertz CT molecular complexity index is 602. The van der Waals surface area contributed by atoms with Crippen LogP contribution >= 0.6 is 0 Å². The fraction of sp³-hybridized carbons (Fsp3) is 0.312. The van der Waals surface area contributed by atoms with E-state index < -0.39 is 0 Å². The number of fused-ring (bicyclic) bond motifs is 1. The van der Waals surface area contributed by atoms with Gasteiger partial charge in [-0.15, -0.1) is 0 Å². The summed E-state index contributed by atoms with van der Waals surface area (Å²) in [7, 11) is 1.57. The highest BCUT2D eigenvalue weighted by Gasteiger charge is 2.14. The molecular weight excluding hydrogens is 240 g/mol. The Morgan fingerprint density at radius 3 is 2.74 bits per heavy atom. The largest absolute Gasteiger partial charge is 0.466 e.